The molecule has 2 aromatic carbocycles. The number of rotatable bonds is 3. The Morgan fingerprint density at radius 1 is 1.12 bits per heavy atom. The third-order valence-electron chi connectivity index (χ3n) is 2.71. The molecule has 0 bridgehead atoms. The number of aliphatic hydroxyl groups excluding tert-OH is 1. The minimum absolute atomic E-state index is 0.117. The van der Waals surface area contributed by atoms with Crippen molar-refractivity contribution in [3.8, 4) is 11.1 Å². The topological polar surface area (TPSA) is 46.2 Å². The summed E-state index contributed by atoms with van der Waals surface area (Å²) in [6.07, 6.45) is 0.591. The highest BCUT2D eigenvalue weighted by molar-refractivity contribution is 9.10. The summed E-state index contributed by atoms with van der Waals surface area (Å²) in [5, 5.41) is 8.99. The molecule has 0 fully saturated rings. The maximum atomic E-state index is 8.99. The van der Waals surface area contributed by atoms with E-state index >= 15 is 0 Å². The number of halogens is 1. The molecule has 3 N–H and O–H groups in total. The Balaban J connectivity index is 2.49. The average molecular weight is 292 g/mol. The minimum Gasteiger partial charge on any atom is -0.398 e. The predicted molar refractivity (Wildman–Crippen MR) is 74.8 cm³/mol. The number of nitrogens with two attached hydrogens (primary N) is 1. The van der Waals surface area contributed by atoms with Crippen molar-refractivity contribution < 1.29 is 5.11 Å². The van der Waals surface area contributed by atoms with Crippen LogP contribution in [0.5, 0.6) is 0 Å². The molecule has 3 heteroatoms. The monoisotopic (exact) mass is 291 g/mol. The number of hydrogen-bond donors (Lipinski definition) is 2. The van der Waals surface area contributed by atoms with Gasteiger partial charge in [0.15, 0.2) is 0 Å². The van der Waals surface area contributed by atoms with Crippen LogP contribution in [0.4, 0.5) is 5.69 Å². The summed E-state index contributed by atoms with van der Waals surface area (Å²) in [5.74, 6) is 0. The van der Waals surface area contributed by atoms with Gasteiger partial charge in [-0.05, 0) is 29.7 Å². The highest BCUT2D eigenvalue weighted by Gasteiger charge is 2.06. The molecule has 0 aliphatic carbocycles. The van der Waals surface area contributed by atoms with Gasteiger partial charge in [0.1, 0.15) is 0 Å². The standard InChI is InChI=1S/C14H14BrNO/c15-12-5-1-4-11(9-12)13-6-2-3-10(7-8-17)14(13)16/h1-6,9,17H,7-8,16H2. The van der Waals surface area contributed by atoms with E-state index in [0.29, 0.717) is 6.42 Å². The van der Waals surface area contributed by atoms with Crippen LogP contribution in [-0.2, 0) is 6.42 Å². The summed E-state index contributed by atoms with van der Waals surface area (Å²) in [7, 11) is 0. The second kappa shape index (κ2) is 5.34. The normalized spacial score (nSPS) is 10.5. The predicted octanol–water partition coefficient (Wildman–Crippen LogP) is 3.23. The summed E-state index contributed by atoms with van der Waals surface area (Å²) in [4.78, 5) is 0. The molecule has 0 amide bonds. The fourth-order valence-corrected chi connectivity index (χ4v) is 2.26. The van der Waals surface area contributed by atoms with Gasteiger partial charge in [0.2, 0.25) is 0 Å². The van der Waals surface area contributed by atoms with E-state index in [9.17, 15) is 0 Å². The number of benzene rings is 2. The van der Waals surface area contributed by atoms with Crippen molar-refractivity contribution >= 4 is 21.6 Å². The first-order valence-electron chi connectivity index (χ1n) is 5.46. The molecule has 0 spiro atoms. The zero-order chi connectivity index (χ0) is 12.3. The van der Waals surface area contributed by atoms with Gasteiger partial charge in [-0.3, -0.25) is 0 Å². The molecule has 0 saturated carbocycles. The summed E-state index contributed by atoms with van der Waals surface area (Å²) in [6.45, 7) is 0.117. The second-order valence-corrected chi connectivity index (χ2v) is 4.78. The smallest absolute Gasteiger partial charge is 0.0472 e. The van der Waals surface area contributed by atoms with Crippen molar-refractivity contribution in [3.05, 3.63) is 52.5 Å². The van der Waals surface area contributed by atoms with E-state index in [0.717, 1.165) is 26.9 Å². The van der Waals surface area contributed by atoms with E-state index in [1.807, 2.05) is 42.5 Å². The first kappa shape index (κ1) is 12.1. The quantitative estimate of drug-likeness (QED) is 0.853. The molecular weight excluding hydrogens is 278 g/mol. The maximum Gasteiger partial charge on any atom is 0.0472 e. The van der Waals surface area contributed by atoms with Crippen LogP contribution in [-0.4, -0.2) is 11.7 Å². The van der Waals surface area contributed by atoms with Crippen LogP contribution in [0.3, 0.4) is 0 Å². The number of para-hydroxylation sites is 1. The van der Waals surface area contributed by atoms with Gasteiger partial charge in [0.25, 0.3) is 0 Å². The number of hydrogen-bond acceptors (Lipinski definition) is 2. The number of aliphatic hydroxyl groups is 1. The highest BCUT2D eigenvalue weighted by atomic mass is 79.9. The molecule has 2 rings (SSSR count). The van der Waals surface area contributed by atoms with E-state index in [4.69, 9.17) is 10.8 Å². The van der Waals surface area contributed by atoms with E-state index in [2.05, 4.69) is 15.9 Å². The highest BCUT2D eigenvalue weighted by Crippen LogP contribution is 2.30. The lowest BCUT2D eigenvalue weighted by Gasteiger charge is -2.10. The van der Waals surface area contributed by atoms with Gasteiger partial charge in [-0.15, -0.1) is 0 Å². The summed E-state index contributed by atoms with van der Waals surface area (Å²) in [6, 6.07) is 13.9. The SMILES string of the molecule is Nc1c(CCO)cccc1-c1cccc(Br)c1. The maximum absolute atomic E-state index is 8.99. The second-order valence-electron chi connectivity index (χ2n) is 3.86. The van der Waals surface area contributed by atoms with Crippen molar-refractivity contribution in [2.45, 2.75) is 6.42 Å². The third-order valence-corrected chi connectivity index (χ3v) is 3.21. The van der Waals surface area contributed by atoms with E-state index in [1.165, 1.54) is 0 Å². The number of anilines is 1. The molecule has 0 aromatic heterocycles. The van der Waals surface area contributed by atoms with Crippen LogP contribution in [0.1, 0.15) is 5.56 Å². The average Bonchev–Trinajstić information content (AvgIpc) is 2.32. The lowest BCUT2D eigenvalue weighted by atomic mass is 9.99. The third kappa shape index (κ3) is 2.68. The molecule has 0 aliphatic rings. The Kier molecular flexibility index (Phi) is 3.82. The number of nitrogen functional groups attached to an aromatic ring is 1. The molecule has 0 atom stereocenters. The van der Waals surface area contributed by atoms with Crippen LogP contribution in [0.15, 0.2) is 46.9 Å². The Morgan fingerprint density at radius 3 is 2.59 bits per heavy atom. The molecule has 2 nitrogen and oxygen atoms in total. The molecule has 0 unspecified atom stereocenters. The fourth-order valence-electron chi connectivity index (χ4n) is 1.86. The van der Waals surface area contributed by atoms with Crippen LogP contribution in [0, 0.1) is 0 Å². The Labute approximate surface area is 109 Å². The zero-order valence-electron chi connectivity index (χ0n) is 9.36. The molecule has 0 aliphatic heterocycles. The molecule has 0 saturated heterocycles. The summed E-state index contributed by atoms with van der Waals surface area (Å²) < 4.78 is 1.03. The Bertz CT molecular complexity index is 525. The lowest BCUT2D eigenvalue weighted by molar-refractivity contribution is 0.300. The van der Waals surface area contributed by atoms with E-state index < -0.39 is 0 Å². The lowest BCUT2D eigenvalue weighted by Crippen LogP contribution is -1.99. The molecule has 0 radical (unpaired) electrons. The largest absolute Gasteiger partial charge is 0.398 e. The van der Waals surface area contributed by atoms with Gasteiger partial charge in [0, 0.05) is 22.3 Å². The fraction of sp³-hybridized carbons (Fsp3) is 0.143. The first-order valence-corrected chi connectivity index (χ1v) is 6.26. The van der Waals surface area contributed by atoms with E-state index in [1.54, 1.807) is 0 Å². The molecule has 2 aromatic rings. The minimum atomic E-state index is 0.117. The van der Waals surface area contributed by atoms with Gasteiger partial charge < -0.3 is 10.8 Å². The van der Waals surface area contributed by atoms with Gasteiger partial charge >= 0.3 is 0 Å². The molecular formula is C14H14BrNO. The van der Waals surface area contributed by atoms with Gasteiger partial charge in [-0.25, -0.2) is 0 Å². The van der Waals surface area contributed by atoms with Crippen molar-refractivity contribution in [1.29, 1.82) is 0 Å². The summed E-state index contributed by atoms with van der Waals surface area (Å²) >= 11 is 3.45. The Hall–Kier alpha value is -1.32. The van der Waals surface area contributed by atoms with Gasteiger partial charge in [-0.2, -0.15) is 0 Å². The van der Waals surface area contributed by atoms with Crippen LogP contribution in [0.25, 0.3) is 11.1 Å². The van der Waals surface area contributed by atoms with Crippen LogP contribution < -0.4 is 5.73 Å². The Morgan fingerprint density at radius 2 is 1.88 bits per heavy atom. The first-order chi connectivity index (χ1) is 8.22. The van der Waals surface area contributed by atoms with Gasteiger partial charge in [-0.1, -0.05) is 46.3 Å². The van der Waals surface area contributed by atoms with Crippen molar-refractivity contribution in [2.24, 2.45) is 0 Å². The van der Waals surface area contributed by atoms with Crippen molar-refractivity contribution in [2.75, 3.05) is 12.3 Å². The van der Waals surface area contributed by atoms with Gasteiger partial charge in [0.05, 0.1) is 0 Å². The molecule has 88 valence electrons. The molecule has 17 heavy (non-hydrogen) atoms. The van der Waals surface area contributed by atoms with Crippen molar-refractivity contribution in [3.63, 3.8) is 0 Å². The van der Waals surface area contributed by atoms with Crippen molar-refractivity contribution in [1.82, 2.24) is 0 Å². The summed E-state index contributed by atoms with van der Waals surface area (Å²) in [5.41, 5.74) is 9.96. The zero-order valence-corrected chi connectivity index (χ0v) is 10.9. The van der Waals surface area contributed by atoms with E-state index in [-0.39, 0.29) is 6.61 Å². The van der Waals surface area contributed by atoms with Crippen LogP contribution >= 0.6 is 15.9 Å². The van der Waals surface area contributed by atoms with Crippen LogP contribution in [0.2, 0.25) is 0 Å². The molecule has 0 heterocycles.